The molecule has 9 heteroatoms. The van der Waals surface area contributed by atoms with Crippen LogP contribution in [0.25, 0.3) is 0 Å². The minimum atomic E-state index is -6.00. The molecule has 1 heterocycles. The highest BCUT2D eigenvalue weighted by Gasteiger charge is 2.20. The van der Waals surface area contributed by atoms with Gasteiger partial charge in [0.2, 0.25) is 0 Å². The van der Waals surface area contributed by atoms with E-state index in [0.29, 0.717) is 0 Å². The van der Waals surface area contributed by atoms with Gasteiger partial charge >= 0.3 is 7.25 Å². The molecule has 0 N–H and O–H groups in total. The largest absolute Gasteiger partial charge is 0.673 e. The molecule has 0 unspecified atom stereocenters. The van der Waals surface area contributed by atoms with Gasteiger partial charge in [0, 0.05) is 26.0 Å². The number of unbranched alkanes of at least 4 members (excludes halogenated alkanes) is 1. The maximum absolute atomic E-state index is 10.1. The number of hydrogen-bond donors (Lipinski definition) is 0. The van der Waals surface area contributed by atoms with Gasteiger partial charge in [-0.15, -0.1) is 0 Å². The minimum absolute atomic E-state index is 1.07. The van der Waals surface area contributed by atoms with Crippen LogP contribution in [0.5, 0.6) is 0 Å². The summed E-state index contributed by atoms with van der Waals surface area (Å²) >= 11 is 0. The lowest BCUT2D eigenvalue weighted by atomic mass is 10.3. The first-order chi connectivity index (χ1) is 8.56. The van der Waals surface area contributed by atoms with Crippen LogP contribution in [0.15, 0.2) is 25.1 Å². The molecule has 0 bridgehead atoms. The monoisotopic (exact) mass is 291 g/mol. The molecule has 0 aromatic heterocycles. The lowest BCUT2D eigenvalue weighted by molar-refractivity contribution is 0.293. The molecule has 0 spiro atoms. The second kappa shape index (κ2) is 10.6. The second-order valence-electron chi connectivity index (χ2n) is 3.70. The summed E-state index contributed by atoms with van der Waals surface area (Å²) in [4.78, 5) is 4.53. The van der Waals surface area contributed by atoms with E-state index in [1.165, 1.54) is 19.4 Å². The summed E-state index contributed by atoms with van der Waals surface area (Å²) in [5, 5.41) is 0. The second-order valence-corrected chi connectivity index (χ2v) is 3.70. The number of hydrogen-bond acceptors (Lipinski definition) is 2. The third-order valence-electron chi connectivity index (χ3n) is 1.74. The first-order valence-electron chi connectivity index (χ1n) is 5.56. The van der Waals surface area contributed by atoms with E-state index in [-0.39, 0.29) is 0 Å². The molecule has 19 heavy (non-hydrogen) atoms. The van der Waals surface area contributed by atoms with E-state index in [4.69, 9.17) is 0 Å². The predicted octanol–water partition coefficient (Wildman–Crippen LogP) is 4.16. The molecule has 0 aromatic carbocycles. The Balaban J connectivity index is 0. The van der Waals surface area contributed by atoms with Gasteiger partial charge in [-0.2, -0.15) is 8.78 Å². The molecule has 0 aromatic rings. The Hall–Kier alpha value is -1.28. The Bertz CT molecular complexity index is 259. The van der Waals surface area contributed by atoms with Crippen molar-refractivity contribution in [2.75, 3.05) is 20.3 Å². The molecule has 0 amide bonds. The van der Waals surface area contributed by atoms with Crippen molar-refractivity contribution in [3.05, 3.63) is 25.1 Å². The van der Waals surface area contributed by atoms with Gasteiger partial charge in [0.15, 0.2) is 0 Å². The molecular formula is C10H18BF6N2-. The van der Waals surface area contributed by atoms with Crippen molar-refractivity contribution < 1.29 is 26.0 Å². The van der Waals surface area contributed by atoms with Gasteiger partial charge in [0.1, 0.15) is 0 Å². The van der Waals surface area contributed by atoms with Crippen LogP contribution in [-0.2, 0) is 0 Å². The molecule has 114 valence electrons. The van der Waals surface area contributed by atoms with Crippen molar-refractivity contribution in [2.24, 2.45) is 0 Å². The Morgan fingerprint density at radius 1 is 1.21 bits per heavy atom. The number of halogens is 6. The molecule has 0 atom stereocenters. The lowest BCUT2D eigenvalue weighted by Gasteiger charge is -2.17. The Labute approximate surface area is 109 Å². The first kappa shape index (κ1) is 20.1. The average Bonchev–Trinajstić information content (AvgIpc) is 2.57. The summed E-state index contributed by atoms with van der Waals surface area (Å²) in [7, 11) is -3.90. The maximum Gasteiger partial charge on any atom is 0.673 e. The highest BCUT2D eigenvalue weighted by atomic mass is 19.5. The van der Waals surface area contributed by atoms with Crippen molar-refractivity contribution in [3.8, 4) is 0 Å². The fraction of sp³-hybridized carbons (Fsp3) is 0.600. The van der Waals surface area contributed by atoms with Crippen LogP contribution >= 0.6 is 0 Å². The quantitative estimate of drug-likeness (QED) is 0.569. The number of rotatable bonds is 3. The molecule has 0 radical (unpaired) electrons. The summed E-state index contributed by atoms with van der Waals surface area (Å²) in [6.07, 6.45) is 5.04. The molecule has 0 aliphatic carbocycles. The standard InChI is InChI=1S/C8H16N2.C2H2F2.BF4/c1-3-4-5-10-7-6-9(2)8-10;1-2(3)4;2-1(3,4)5/h6-7H,3-5,8H2,1-2H3;1H2;/q;;-1. The fourth-order valence-corrected chi connectivity index (χ4v) is 1.10. The van der Waals surface area contributed by atoms with Gasteiger partial charge < -0.3 is 27.1 Å². The smallest absolute Gasteiger partial charge is 0.418 e. The topological polar surface area (TPSA) is 6.48 Å². The van der Waals surface area contributed by atoms with Crippen molar-refractivity contribution in [1.82, 2.24) is 9.80 Å². The SMILES string of the molecule is C=C(F)F.CCCCN1C=CN(C)C1.F[B-](F)(F)F. The van der Waals surface area contributed by atoms with Gasteiger partial charge in [-0.05, 0) is 13.0 Å². The summed E-state index contributed by atoms with van der Waals surface area (Å²) in [6.45, 7) is 6.72. The van der Waals surface area contributed by atoms with Gasteiger partial charge in [-0.1, -0.05) is 13.3 Å². The molecular weight excluding hydrogens is 273 g/mol. The van der Waals surface area contributed by atoms with E-state index in [1.807, 2.05) is 0 Å². The van der Waals surface area contributed by atoms with Gasteiger partial charge in [-0.25, -0.2) is 0 Å². The van der Waals surface area contributed by atoms with E-state index in [1.54, 1.807) is 0 Å². The zero-order valence-corrected chi connectivity index (χ0v) is 10.9. The molecule has 1 aliphatic heterocycles. The summed E-state index contributed by atoms with van der Waals surface area (Å²) in [5.74, 6) is 0. The maximum atomic E-state index is 10.1. The van der Waals surface area contributed by atoms with Crippen molar-refractivity contribution >= 4 is 7.25 Å². The number of nitrogens with zero attached hydrogens (tertiary/aromatic N) is 2. The third-order valence-corrected chi connectivity index (χ3v) is 1.74. The third kappa shape index (κ3) is 26.4. The van der Waals surface area contributed by atoms with Crippen LogP contribution in [-0.4, -0.2) is 37.3 Å². The molecule has 0 fully saturated rings. The lowest BCUT2D eigenvalue weighted by Crippen LogP contribution is -2.23. The molecule has 1 rings (SSSR count). The molecule has 1 aliphatic rings. The summed E-state index contributed by atoms with van der Waals surface area (Å²) in [6, 6.07) is 0. The van der Waals surface area contributed by atoms with E-state index < -0.39 is 13.3 Å². The van der Waals surface area contributed by atoms with Crippen molar-refractivity contribution in [3.63, 3.8) is 0 Å². The molecule has 0 saturated carbocycles. The van der Waals surface area contributed by atoms with Crippen LogP contribution in [0.2, 0.25) is 0 Å². The van der Waals surface area contributed by atoms with Crippen molar-refractivity contribution in [1.29, 1.82) is 0 Å². The summed E-state index contributed by atoms with van der Waals surface area (Å²) in [5.41, 5.74) is 0. The van der Waals surface area contributed by atoms with Crippen LogP contribution in [0, 0.1) is 0 Å². The van der Waals surface area contributed by atoms with Gasteiger partial charge in [0.25, 0.3) is 6.08 Å². The Kier molecular flexibility index (Phi) is 11.2. The van der Waals surface area contributed by atoms with Crippen molar-refractivity contribution in [2.45, 2.75) is 19.8 Å². The van der Waals surface area contributed by atoms with E-state index >= 15 is 0 Å². The average molecular weight is 291 g/mol. The molecule has 2 nitrogen and oxygen atoms in total. The normalized spacial score (nSPS) is 13.5. The fourth-order valence-electron chi connectivity index (χ4n) is 1.10. The van der Waals surface area contributed by atoms with Crippen LogP contribution in [0.3, 0.4) is 0 Å². The van der Waals surface area contributed by atoms with E-state index in [9.17, 15) is 26.0 Å². The first-order valence-corrected chi connectivity index (χ1v) is 5.56. The van der Waals surface area contributed by atoms with Gasteiger partial charge in [-0.3, -0.25) is 0 Å². The predicted molar refractivity (Wildman–Crippen MR) is 64.9 cm³/mol. The summed E-state index contributed by atoms with van der Waals surface area (Å²) < 4.78 is 59.3. The highest BCUT2D eigenvalue weighted by Crippen LogP contribution is 2.06. The van der Waals surface area contributed by atoms with E-state index in [2.05, 4.69) is 42.8 Å². The van der Waals surface area contributed by atoms with Crippen LogP contribution < -0.4 is 0 Å². The van der Waals surface area contributed by atoms with Crippen LogP contribution in [0.4, 0.5) is 26.0 Å². The van der Waals surface area contributed by atoms with Crippen LogP contribution in [0.1, 0.15) is 19.8 Å². The zero-order valence-electron chi connectivity index (χ0n) is 10.9. The Morgan fingerprint density at radius 2 is 1.63 bits per heavy atom. The molecule has 0 saturated heterocycles. The Morgan fingerprint density at radius 3 is 1.89 bits per heavy atom. The van der Waals surface area contributed by atoms with Gasteiger partial charge in [0.05, 0.1) is 6.67 Å². The minimum Gasteiger partial charge on any atom is -0.418 e. The zero-order chi connectivity index (χ0) is 15.5. The highest BCUT2D eigenvalue weighted by molar-refractivity contribution is 6.50. The van der Waals surface area contributed by atoms with E-state index in [0.717, 1.165) is 6.67 Å².